The number of rotatable bonds is 6. The van der Waals surface area contributed by atoms with Gasteiger partial charge in [-0.05, 0) is 30.0 Å². The number of hydrogen-bond donors (Lipinski definition) is 1. The summed E-state index contributed by atoms with van der Waals surface area (Å²) in [5, 5.41) is 2.68. The van der Waals surface area contributed by atoms with Crippen LogP contribution in [0.2, 0.25) is 0 Å². The molecule has 0 saturated carbocycles. The molecule has 108 valence electrons. The second kappa shape index (κ2) is 8.15. The van der Waals surface area contributed by atoms with Gasteiger partial charge in [0.25, 0.3) is 0 Å². The molecule has 0 unspecified atom stereocenters. The Morgan fingerprint density at radius 2 is 1.85 bits per heavy atom. The zero-order chi connectivity index (χ0) is 15.0. The number of nitrogens with one attached hydrogen (secondary N) is 1. The van der Waals surface area contributed by atoms with Gasteiger partial charge in [-0.2, -0.15) is 0 Å². The molecule has 1 rings (SSSR count). The molecule has 20 heavy (non-hydrogen) atoms. The molecular formula is C16H21NO3. The molecule has 1 N–H and O–H groups in total. The standard InChI is InChI=1S/C16H21NO3/c1-4-13-5-7-14(8-6-13)17-15(18)9-10-16(19)20-11-12(2)3/h5-10,12H,4,11H2,1-3H3,(H,17,18)/b10-9+. The fourth-order valence-corrected chi connectivity index (χ4v) is 1.45. The van der Waals surface area contributed by atoms with Crippen molar-refractivity contribution in [1.82, 2.24) is 0 Å². The van der Waals surface area contributed by atoms with Gasteiger partial charge in [0.1, 0.15) is 0 Å². The summed E-state index contributed by atoms with van der Waals surface area (Å²) in [4.78, 5) is 22.9. The van der Waals surface area contributed by atoms with Gasteiger partial charge in [-0.1, -0.05) is 32.9 Å². The molecule has 0 saturated heterocycles. The van der Waals surface area contributed by atoms with Crippen molar-refractivity contribution < 1.29 is 14.3 Å². The van der Waals surface area contributed by atoms with Gasteiger partial charge in [-0.3, -0.25) is 4.79 Å². The van der Waals surface area contributed by atoms with Crippen LogP contribution >= 0.6 is 0 Å². The minimum absolute atomic E-state index is 0.276. The van der Waals surface area contributed by atoms with Gasteiger partial charge < -0.3 is 10.1 Å². The topological polar surface area (TPSA) is 55.4 Å². The molecule has 0 aliphatic heterocycles. The van der Waals surface area contributed by atoms with Crippen LogP contribution in [0.1, 0.15) is 26.3 Å². The molecule has 0 spiro atoms. The molecule has 0 heterocycles. The number of esters is 1. The van der Waals surface area contributed by atoms with Gasteiger partial charge >= 0.3 is 5.97 Å². The molecule has 0 aliphatic carbocycles. The van der Waals surface area contributed by atoms with Crippen molar-refractivity contribution in [2.45, 2.75) is 27.2 Å². The summed E-state index contributed by atoms with van der Waals surface area (Å²) in [6, 6.07) is 7.58. The van der Waals surface area contributed by atoms with Crippen molar-refractivity contribution >= 4 is 17.6 Å². The molecule has 0 aliphatic rings. The van der Waals surface area contributed by atoms with Crippen molar-refractivity contribution in [3.63, 3.8) is 0 Å². The summed E-state index contributed by atoms with van der Waals surface area (Å²) >= 11 is 0. The molecule has 0 fully saturated rings. The van der Waals surface area contributed by atoms with Crippen LogP contribution in [0, 0.1) is 5.92 Å². The fourth-order valence-electron chi connectivity index (χ4n) is 1.45. The van der Waals surface area contributed by atoms with E-state index in [0.29, 0.717) is 12.3 Å². The van der Waals surface area contributed by atoms with E-state index in [4.69, 9.17) is 4.74 Å². The van der Waals surface area contributed by atoms with E-state index in [1.165, 1.54) is 11.6 Å². The molecule has 0 bridgehead atoms. The van der Waals surface area contributed by atoms with E-state index in [1.807, 2.05) is 38.1 Å². The number of aryl methyl sites for hydroxylation is 1. The Bertz CT molecular complexity index is 475. The van der Waals surface area contributed by atoms with Gasteiger partial charge in [0.2, 0.25) is 5.91 Å². The maximum Gasteiger partial charge on any atom is 0.330 e. The smallest absolute Gasteiger partial charge is 0.330 e. The number of benzene rings is 1. The van der Waals surface area contributed by atoms with Gasteiger partial charge in [-0.15, -0.1) is 0 Å². The van der Waals surface area contributed by atoms with Crippen LogP contribution in [0.25, 0.3) is 0 Å². The quantitative estimate of drug-likeness (QED) is 0.641. The predicted octanol–water partition coefficient (Wildman–Crippen LogP) is 2.94. The van der Waals surface area contributed by atoms with Crippen molar-refractivity contribution in [3.8, 4) is 0 Å². The Kier molecular flexibility index (Phi) is 6.50. The van der Waals surface area contributed by atoms with Gasteiger partial charge in [0.05, 0.1) is 6.61 Å². The van der Waals surface area contributed by atoms with Crippen LogP contribution in [0.5, 0.6) is 0 Å². The average Bonchev–Trinajstić information content (AvgIpc) is 2.43. The monoisotopic (exact) mass is 275 g/mol. The summed E-state index contributed by atoms with van der Waals surface area (Å²) in [6.45, 7) is 6.32. The first-order valence-corrected chi connectivity index (χ1v) is 6.76. The zero-order valence-corrected chi connectivity index (χ0v) is 12.2. The van der Waals surface area contributed by atoms with Crippen molar-refractivity contribution in [3.05, 3.63) is 42.0 Å². The van der Waals surface area contributed by atoms with Crippen molar-refractivity contribution in [1.29, 1.82) is 0 Å². The Balaban J connectivity index is 2.44. The largest absolute Gasteiger partial charge is 0.462 e. The highest BCUT2D eigenvalue weighted by Gasteiger charge is 2.02. The maximum atomic E-state index is 11.6. The first-order valence-electron chi connectivity index (χ1n) is 6.76. The van der Waals surface area contributed by atoms with Crippen LogP contribution in [-0.4, -0.2) is 18.5 Å². The first-order chi connectivity index (χ1) is 9.51. The average molecular weight is 275 g/mol. The number of hydrogen-bond acceptors (Lipinski definition) is 3. The van der Waals surface area contributed by atoms with Gasteiger partial charge in [0.15, 0.2) is 0 Å². The lowest BCUT2D eigenvalue weighted by atomic mass is 10.1. The van der Waals surface area contributed by atoms with Crippen molar-refractivity contribution in [2.75, 3.05) is 11.9 Å². The summed E-state index contributed by atoms with van der Waals surface area (Å²) < 4.78 is 4.93. The number of amides is 1. The van der Waals surface area contributed by atoms with Crippen LogP contribution in [0.15, 0.2) is 36.4 Å². The van der Waals surface area contributed by atoms with Crippen LogP contribution in [0.3, 0.4) is 0 Å². The minimum atomic E-state index is -0.504. The highest BCUT2D eigenvalue weighted by Crippen LogP contribution is 2.09. The number of carbonyl (C=O) groups excluding carboxylic acids is 2. The molecule has 0 atom stereocenters. The van der Waals surface area contributed by atoms with E-state index >= 15 is 0 Å². The Morgan fingerprint density at radius 3 is 2.40 bits per heavy atom. The molecule has 0 aromatic heterocycles. The van der Waals surface area contributed by atoms with Gasteiger partial charge in [-0.25, -0.2) is 4.79 Å². The Hall–Kier alpha value is -2.10. The van der Waals surface area contributed by atoms with Crippen LogP contribution in [-0.2, 0) is 20.7 Å². The number of anilines is 1. The van der Waals surface area contributed by atoms with E-state index in [9.17, 15) is 9.59 Å². The Labute approximate surface area is 119 Å². The molecular weight excluding hydrogens is 254 g/mol. The summed E-state index contributed by atoms with van der Waals surface area (Å²) in [5.41, 5.74) is 1.91. The van der Waals surface area contributed by atoms with E-state index in [0.717, 1.165) is 12.5 Å². The number of ether oxygens (including phenoxy) is 1. The molecule has 1 aromatic carbocycles. The van der Waals surface area contributed by atoms with Crippen LogP contribution < -0.4 is 5.32 Å². The SMILES string of the molecule is CCc1ccc(NC(=O)/C=C/C(=O)OCC(C)C)cc1. The third-order valence-electron chi connectivity index (χ3n) is 2.56. The predicted molar refractivity (Wildman–Crippen MR) is 79.4 cm³/mol. The van der Waals surface area contributed by atoms with Gasteiger partial charge in [0, 0.05) is 17.8 Å². The second-order valence-corrected chi connectivity index (χ2v) is 4.90. The molecule has 4 heteroatoms. The normalized spacial score (nSPS) is 10.8. The highest BCUT2D eigenvalue weighted by atomic mass is 16.5. The molecule has 4 nitrogen and oxygen atoms in total. The lowest BCUT2D eigenvalue weighted by molar-refractivity contribution is -0.138. The lowest BCUT2D eigenvalue weighted by Crippen LogP contribution is -2.11. The number of carbonyl (C=O) groups is 2. The maximum absolute atomic E-state index is 11.6. The van der Waals surface area contributed by atoms with E-state index in [1.54, 1.807) is 0 Å². The third kappa shape index (κ3) is 6.18. The summed E-state index contributed by atoms with van der Waals surface area (Å²) in [6.07, 6.45) is 3.27. The molecule has 0 radical (unpaired) electrons. The van der Waals surface area contributed by atoms with Crippen molar-refractivity contribution in [2.24, 2.45) is 5.92 Å². The molecule has 1 amide bonds. The highest BCUT2D eigenvalue weighted by molar-refractivity contribution is 6.02. The Morgan fingerprint density at radius 1 is 1.20 bits per heavy atom. The first kappa shape index (κ1) is 16.0. The van der Waals surface area contributed by atoms with E-state index in [-0.39, 0.29) is 11.8 Å². The summed E-state index contributed by atoms with van der Waals surface area (Å²) in [7, 11) is 0. The zero-order valence-electron chi connectivity index (χ0n) is 12.2. The van der Waals surface area contributed by atoms with E-state index < -0.39 is 5.97 Å². The lowest BCUT2D eigenvalue weighted by Gasteiger charge is -2.04. The molecule has 1 aromatic rings. The minimum Gasteiger partial charge on any atom is -0.462 e. The fraction of sp³-hybridized carbons (Fsp3) is 0.375. The van der Waals surface area contributed by atoms with Crippen LogP contribution in [0.4, 0.5) is 5.69 Å². The second-order valence-electron chi connectivity index (χ2n) is 4.90. The van der Waals surface area contributed by atoms with E-state index in [2.05, 4.69) is 12.2 Å². The third-order valence-corrected chi connectivity index (χ3v) is 2.56. The summed E-state index contributed by atoms with van der Waals surface area (Å²) in [5.74, 6) is -0.579.